The van der Waals surface area contributed by atoms with Crippen molar-refractivity contribution in [1.82, 2.24) is 0 Å². The van der Waals surface area contributed by atoms with E-state index in [2.05, 4.69) is 41.1 Å². The van der Waals surface area contributed by atoms with Gasteiger partial charge in [0.15, 0.2) is 0 Å². The summed E-state index contributed by atoms with van der Waals surface area (Å²) < 4.78 is 1.30. The third-order valence-corrected chi connectivity index (χ3v) is 4.52. The number of rotatable bonds is 2. The molecule has 0 spiro atoms. The Bertz CT molecular complexity index is 462. The van der Waals surface area contributed by atoms with Crippen LogP contribution >= 0.6 is 27.3 Å². The van der Waals surface area contributed by atoms with Crippen LogP contribution in [0.25, 0.3) is 10.1 Å². The van der Waals surface area contributed by atoms with E-state index >= 15 is 0 Å². The number of nitrogens with two attached hydrogens (primary N) is 1. The van der Waals surface area contributed by atoms with Crippen LogP contribution in [-0.4, -0.2) is 0 Å². The van der Waals surface area contributed by atoms with Crippen LogP contribution < -0.4 is 5.73 Å². The molecule has 0 bridgehead atoms. The molecule has 1 aromatic carbocycles. The van der Waals surface area contributed by atoms with Crippen molar-refractivity contribution >= 4 is 43.0 Å². The highest BCUT2D eigenvalue weighted by Gasteiger charge is 2.10. The molecule has 0 aliphatic rings. The van der Waals surface area contributed by atoms with E-state index in [1.807, 2.05) is 0 Å². The SMILES string of the molecule is CCc1cccc2sc(CBr)c(N)c12. The number of alkyl halides is 1. The summed E-state index contributed by atoms with van der Waals surface area (Å²) in [5.41, 5.74) is 8.41. The molecule has 0 amide bonds. The Hall–Kier alpha value is -0.540. The number of thiophene rings is 1. The van der Waals surface area contributed by atoms with Gasteiger partial charge in [-0.3, -0.25) is 0 Å². The maximum Gasteiger partial charge on any atom is 0.0546 e. The summed E-state index contributed by atoms with van der Waals surface area (Å²) in [4.78, 5) is 1.24. The molecular formula is C11H12BrNS. The fraction of sp³-hybridized carbons (Fsp3) is 0.273. The second-order valence-corrected chi connectivity index (χ2v) is 4.91. The number of aryl methyl sites for hydroxylation is 1. The van der Waals surface area contributed by atoms with Crippen LogP contribution in [0.4, 0.5) is 5.69 Å². The van der Waals surface area contributed by atoms with Gasteiger partial charge >= 0.3 is 0 Å². The predicted octanol–water partition coefficient (Wildman–Crippen LogP) is 3.94. The van der Waals surface area contributed by atoms with Gasteiger partial charge in [-0.15, -0.1) is 11.3 Å². The molecule has 0 fully saturated rings. The van der Waals surface area contributed by atoms with Crippen molar-refractivity contribution in [3.63, 3.8) is 0 Å². The zero-order valence-electron chi connectivity index (χ0n) is 8.01. The molecule has 2 aromatic rings. The molecule has 0 radical (unpaired) electrons. The quantitative estimate of drug-likeness (QED) is 0.822. The normalized spacial score (nSPS) is 11.0. The van der Waals surface area contributed by atoms with E-state index in [4.69, 9.17) is 5.73 Å². The number of fused-ring (bicyclic) bond motifs is 1. The van der Waals surface area contributed by atoms with Gasteiger partial charge in [-0.1, -0.05) is 35.0 Å². The molecule has 3 heteroatoms. The molecule has 0 aliphatic carbocycles. The van der Waals surface area contributed by atoms with E-state index in [0.29, 0.717) is 0 Å². The van der Waals surface area contributed by atoms with Crippen LogP contribution in [0.15, 0.2) is 18.2 Å². The van der Waals surface area contributed by atoms with Crippen molar-refractivity contribution in [2.45, 2.75) is 18.7 Å². The van der Waals surface area contributed by atoms with Crippen molar-refractivity contribution in [3.05, 3.63) is 28.6 Å². The second-order valence-electron chi connectivity index (χ2n) is 3.22. The maximum atomic E-state index is 6.11. The van der Waals surface area contributed by atoms with Gasteiger partial charge < -0.3 is 5.73 Å². The van der Waals surface area contributed by atoms with Crippen LogP contribution in [0.2, 0.25) is 0 Å². The van der Waals surface area contributed by atoms with Gasteiger partial charge in [-0.25, -0.2) is 0 Å². The van der Waals surface area contributed by atoms with Gasteiger partial charge in [-0.2, -0.15) is 0 Å². The van der Waals surface area contributed by atoms with Crippen LogP contribution in [0.3, 0.4) is 0 Å². The van der Waals surface area contributed by atoms with Gasteiger partial charge in [0.1, 0.15) is 0 Å². The van der Waals surface area contributed by atoms with Gasteiger partial charge in [0, 0.05) is 20.3 Å². The minimum absolute atomic E-state index is 0.849. The van der Waals surface area contributed by atoms with Gasteiger partial charge in [-0.05, 0) is 18.1 Å². The molecule has 0 saturated carbocycles. The Balaban J connectivity index is 2.79. The first-order valence-corrected chi connectivity index (χ1v) is 6.56. The summed E-state index contributed by atoms with van der Waals surface area (Å²) in [6, 6.07) is 6.40. The molecule has 1 heterocycles. The lowest BCUT2D eigenvalue weighted by atomic mass is 10.1. The van der Waals surface area contributed by atoms with Gasteiger partial charge in [0.2, 0.25) is 0 Å². The van der Waals surface area contributed by atoms with Gasteiger partial charge in [0.25, 0.3) is 0 Å². The molecule has 1 aromatic heterocycles. The lowest BCUT2D eigenvalue weighted by Gasteiger charge is -2.00. The standard InChI is InChI=1S/C11H12BrNS/c1-2-7-4-3-5-8-10(7)11(13)9(6-12)14-8/h3-5H,2,6,13H2,1H3. The second kappa shape index (κ2) is 3.91. The van der Waals surface area contributed by atoms with Crippen LogP contribution in [0.5, 0.6) is 0 Å². The first-order chi connectivity index (χ1) is 6.77. The van der Waals surface area contributed by atoms with E-state index in [9.17, 15) is 0 Å². The highest BCUT2D eigenvalue weighted by atomic mass is 79.9. The molecule has 0 aliphatic heterocycles. The van der Waals surface area contributed by atoms with Gasteiger partial charge in [0.05, 0.1) is 5.69 Å². The summed E-state index contributed by atoms with van der Waals surface area (Å²) in [5, 5.41) is 2.11. The highest BCUT2D eigenvalue weighted by molar-refractivity contribution is 9.08. The summed E-state index contributed by atoms with van der Waals surface area (Å²) in [5.74, 6) is 0. The minimum atomic E-state index is 0.849. The van der Waals surface area contributed by atoms with E-state index in [1.54, 1.807) is 11.3 Å². The Morgan fingerprint density at radius 2 is 2.21 bits per heavy atom. The average Bonchev–Trinajstić information content (AvgIpc) is 2.55. The first-order valence-electron chi connectivity index (χ1n) is 4.62. The van der Waals surface area contributed by atoms with Crippen LogP contribution in [0, 0.1) is 0 Å². The molecule has 1 nitrogen and oxygen atoms in total. The summed E-state index contributed by atoms with van der Waals surface area (Å²) in [6.45, 7) is 2.17. The fourth-order valence-electron chi connectivity index (χ4n) is 1.69. The zero-order chi connectivity index (χ0) is 10.1. The molecule has 2 rings (SSSR count). The largest absolute Gasteiger partial charge is 0.397 e. The Labute approximate surface area is 96.1 Å². The van der Waals surface area contributed by atoms with Crippen molar-refractivity contribution in [1.29, 1.82) is 0 Å². The topological polar surface area (TPSA) is 26.0 Å². The Morgan fingerprint density at radius 1 is 1.43 bits per heavy atom. The van der Waals surface area contributed by atoms with Crippen LogP contribution in [-0.2, 0) is 11.8 Å². The number of hydrogen-bond acceptors (Lipinski definition) is 2. The van der Waals surface area contributed by atoms with E-state index < -0.39 is 0 Å². The number of benzene rings is 1. The third kappa shape index (κ3) is 1.44. The predicted molar refractivity (Wildman–Crippen MR) is 68.2 cm³/mol. The molecule has 0 saturated heterocycles. The third-order valence-electron chi connectivity index (χ3n) is 2.42. The monoisotopic (exact) mass is 269 g/mol. The van der Waals surface area contributed by atoms with Crippen molar-refractivity contribution in [3.8, 4) is 0 Å². The van der Waals surface area contributed by atoms with E-state index in [-0.39, 0.29) is 0 Å². The molecule has 0 atom stereocenters. The summed E-state index contributed by atoms with van der Waals surface area (Å²) in [7, 11) is 0. The average molecular weight is 270 g/mol. The number of hydrogen-bond donors (Lipinski definition) is 1. The van der Waals surface area contributed by atoms with Crippen molar-refractivity contribution < 1.29 is 0 Å². The molecule has 14 heavy (non-hydrogen) atoms. The molecule has 74 valence electrons. The lowest BCUT2D eigenvalue weighted by Crippen LogP contribution is -1.89. The number of halogens is 1. The van der Waals surface area contributed by atoms with E-state index in [1.165, 1.54) is 20.5 Å². The zero-order valence-corrected chi connectivity index (χ0v) is 10.4. The number of nitrogen functional groups attached to an aromatic ring is 1. The molecule has 0 unspecified atom stereocenters. The summed E-state index contributed by atoms with van der Waals surface area (Å²) >= 11 is 5.24. The molecular weight excluding hydrogens is 258 g/mol. The lowest BCUT2D eigenvalue weighted by molar-refractivity contribution is 1.16. The summed E-state index contributed by atoms with van der Waals surface area (Å²) in [6.07, 6.45) is 1.04. The van der Waals surface area contributed by atoms with E-state index in [0.717, 1.165) is 17.4 Å². The highest BCUT2D eigenvalue weighted by Crippen LogP contribution is 2.37. The van der Waals surface area contributed by atoms with Crippen molar-refractivity contribution in [2.75, 3.05) is 5.73 Å². The van der Waals surface area contributed by atoms with Crippen LogP contribution in [0.1, 0.15) is 17.4 Å². The van der Waals surface area contributed by atoms with Crippen molar-refractivity contribution in [2.24, 2.45) is 0 Å². The Kier molecular flexibility index (Phi) is 2.79. The first kappa shape index (κ1) is 9.99. The Morgan fingerprint density at radius 3 is 2.86 bits per heavy atom. The minimum Gasteiger partial charge on any atom is -0.397 e. The molecule has 2 N–H and O–H groups in total. The smallest absolute Gasteiger partial charge is 0.0546 e. The fourth-order valence-corrected chi connectivity index (χ4v) is 3.36. The maximum absolute atomic E-state index is 6.11. The number of anilines is 1.